The van der Waals surface area contributed by atoms with E-state index in [4.69, 9.17) is 5.73 Å². The van der Waals surface area contributed by atoms with Gasteiger partial charge in [-0.2, -0.15) is 0 Å². The molecule has 0 radical (unpaired) electrons. The Hall–Kier alpha value is -1.31. The number of hydrogen-bond acceptors (Lipinski definition) is 1. The fraction of sp³-hybridized carbons (Fsp3) is 0.333. The predicted octanol–water partition coefficient (Wildman–Crippen LogP) is 4.10. The van der Waals surface area contributed by atoms with Gasteiger partial charge in [-0.25, -0.2) is 0 Å². The van der Waals surface area contributed by atoms with E-state index in [1.165, 1.54) is 16.7 Å². The molecule has 0 aromatic heterocycles. The molecular weight excluding hydrogens is 266 g/mol. The van der Waals surface area contributed by atoms with Crippen LogP contribution in [0, 0.1) is 0 Å². The molecule has 2 aromatic rings. The van der Waals surface area contributed by atoms with Crippen LogP contribution in [0.2, 0.25) is 0 Å². The number of rotatable bonds is 3. The standard InChI is InChI=1S/C18H21N.ClH/c19-18-13-11-15-8-4-5-9-16(15)17(18)12-10-14-6-2-1-3-7-14;/h1-9,17-18H,10-13,19H2;1H. The van der Waals surface area contributed by atoms with Crippen molar-refractivity contribution in [1.29, 1.82) is 0 Å². The zero-order valence-corrected chi connectivity index (χ0v) is 12.5. The Morgan fingerprint density at radius 3 is 2.45 bits per heavy atom. The molecule has 20 heavy (non-hydrogen) atoms. The first-order valence-electron chi connectivity index (χ1n) is 7.22. The third-order valence-electron chi connectivity index (χ3n) is 4.31. The lowest BCUT2D eigenvalue weighted by Crippen LogP contribution is -2.33. The highest BCUT2D eigenvalue weighted by Gasteiger charge is 2.26. The van der Waals surface area contributed by atoms with Gasteiger partial charge in [0.25, 0.3) is 0 Å². The molecule has 1 aliphatic carbocycles. The van der Waals surface area contributed by atoms with Crippen LogP contribution in [0.5, 0.6) is 0 Å². The molecule has 0 saturated heterocycles. The Bertz CT molecular complexity index is 538. The van der Waals surface area contributed by atoms with Crippen LogP contribution in [0.4, 0.5) is 0 Å². The molecule has 0 bridgehead atoms. The smallest absolute Gasteiger partial charge is 0.0111 e. The highest BCUT2D eigenvalue weighted by molar-refractivity contribution is 5.85. The third kappa shape index (κ3) is 3.23. The summed E-state index contributed by atoms with van der Waals surface area (Å²) in [6.07, 6.45) is 4.53. The van der Waals surface area contributed by atoms with E-state index in [-0.39, 0.29) is 12.4 Å². The van der Waals surface area contributed by atoms with Gasteiger partial charge in [0.2, 0.25) is 0 Å². The molecule has 106 valence electrons. The van der Waals surface area contributed by atoms with E-state index in [2.05, 4.69) is 54.6 Å². The highest BCUT2D eigenvalue weighted by Crippen LogP contribution is 2.33. The van der Waals surface area contributed by atoms with Crippen LogP contribution in [0.25, 0.3) is 0 Å². The van der Waals surface area contributed by atoms with Crippen molar-refractivity contribution in [2.24, 2.45) is 5.73 Å². The fourth-order valence-corrected chi connectivity index (χ4v) is 3.21. The minimum Gasteiger partial charge on any atom is -0.327 e. The summed E-state index contributed by atoms with van der Waals surface area (Å²) >= 11 is 0. The summed E-state index contributed by atoms with van der Waals surface area (Å²) in [4.78, 5) is 0. The van der Waals surface area contributed by atoms with Crippen molar-refractivity contribution in [2.75, 3.05) is 0 Å². The van der Waals surface area contributed by atoms with Crippen molar-refractivity contribution >= 4 is 12.4 Å². The van der Waals surface area contributed by atoms with Crippen LogP contribution in [0.3, 0.4) is 0 Å². The molecule has 0 spiro atoms. The van der Waals surface area contributed by atoms with Gasteiger partial charge < -0.3 is 5.73 Å². The van der Waals surface area contributed by atoms with E-state index in [0.29, 0.717) is 12.0 Å². The second-order valence-corrected chi connectivity index (χ2v) is 5.53. The third-order valence-corrected chi connectivity index (χ3v) is 4.31. The van der Waals surface area contributed by atoms with E-state index in [1.807, 2.05) is 0 Å². The molecule has 0 fully saturated rings. The maximum Gasteiger partial charge on any atom is 0.0111 e. The Balaban J connectivity index is 0.00000147. The second kappa shape index (κ2) is 6.92. The molecule has 0 amide bonds. The lowest BCUT2D eigenvalue weighted by molar-refractivity contribution is 0.447. The minimum absolute atomic E-state index is 0. The maximum absolute atomic E-state index is 6.36. The average molecular weight is 288 g/mol. The molecule has 2 unspecified atom stereocenters. The van der Waals surface area contributed by atoms with E-state index in [9.17, 15) is 0 Å². The quantitative estimate of drug-likeness (QED) is 0.904. The molecule has 3 rings (SSSR count). The zero-order chi connectivity index (χ0) is 13.1. The number of benzene rings is 2. The van der Waals surface area contributed by atoms with Crippen molar-refractivity contribution < 1.29 is 0 Å². The van der Waals surface area contributed by atoms with Crippen molar-refractivity contribution in [3.63, 3.8) is 0 Å². The number of halogens is 1. The van der Waals surface area contributed by atoms with Gasteiger partial charge in [-0.05, 0) is 48.3 Å². The molecule has 0 aliphatic heterocycles. The van der Waals surface area contributed by atoms with Crippen LogP contribution >= 0.6 is 12.4 Å². The van der Waals surface area contributed by atoms with Gasteiger partial charge in [0, 0.05) is 6.04 Å². The van der Waals surface area contributed by atoms with E-state index < -0.39 is 0 Å². The van der Waals surface area contributed by atoms with Crippen LogP contribution < -0.4 is 5.73 Å². The van der Waals surface area contributed by atoms with Crippen molar-refractivity contribution in [2.45, 2.75) is 37.6 Å². The topological polar surface area (TPSA) is 26.0 Å². The number of hydrogen-bond donors (Lipinski definition) is 1. The Morgan fingerprint density at radius 2 is 1.65 bits per heavy atom. The zero-order valence-electron chi connectivity index (χ0n) is 11.7. The molecule has 0 saturated carbocycles. The molecule has 2 N–H and O–H groups in total. The monoisotopic (exact) mass is 287 g/mol. The van der Waals surface area contributed by atoms with Crippen molar-refractivity contribution in [1.82, 2.24) is 0 Å². The number of nitrogens with two attached hydrogens (primary N) is 1. The summed E-state index contributed by atoms with van der Waals surface area (Å²) in [6.45, 7) is 0. The van der Waals surface area contributed by atoms with E-state index >= 15 is 0 Å². The maximum atomic E-state index is 6.36. The van der Waals surface area contributed by atoms with E-state index in [1.54, 1.807) is 0 Å². The van der Waals surface area contributed by atoms with Gasteiger partial charge in [-0.3, -0.25) is 0 Å². The molecule has 2 heteroatoms. The van der Waals surface area contributed by atoms with Crippen LogP contribution in [-0.2, 0) is 12.8 Å². The molecule has 0 heterocycles. The highest BCUT2D eigenvalue weighted by atomic mass is 35.5. The average Bonchev–Trinajstić information content (AvgIpc) is 2.47. The summed E-state index contributed by atoms with van der Waals surface area (Å²) in [7, 11) is 0. The first-order chi connectivity index (χ1) is 9.34. The Morgan fingerprint density at radius 1 is 0.950 bits per heavy atom. The van der Waals surface area contributed by atoms with Gasteiger partial charge in [0.05, 0.1) is 0 Å². The lowest BCUT2D eigenvalue weighted by atomic mass is 9.77. The molecule has 2 aromatic carbocycles. The lowest BCUT2D eigenvalue weighted by Gasteiger charge is -2.31. The molecule has 2 atom stereocenters. The van der Waals surface area contributed by atoms with Gasteiger partial charge in [-0.1, -0.05) is 54.6 Å². The summed E-state index contributed by atoms with van der Waals surface area (Å²) in [5.74, 6) is 0.519. The SMILES string of the molecule is Cl.NC1CCc2ccccc2C1CCc1ccccc1. The van der Waals surface area contributed by atoms with Gasteiger partial charge >= 0.3 is 0 Å². The second-order valence-electron chi connectivity index (χ2n) is 5.53. The van der Waals surface area contributed by atoms with Crippen LogP contribution in [0.15, 0.2) is 54.6 Å². The normalized spacial score (nSPS) is 20.9. The van der Waals surface area contributed by atoms with Crippen LogP contribution in [0.1, 0.15) is 35.4 Å². The van der Waals surface area contributed by atoms with Crippen molar-refractivity contribution in [3.05, 3.63) is 71.3 Å². The summed E-state index contributed by atoms with van der Waals surface area (Å²) in [5.41, 5.74) is 10.8. The molecular formula is C18H22ClN. The predicted molar refractivity (Wildman–Crippen MR) is 87.5 cm³/mol. The Labute approximate surface area is 127 Å². The van der Waals surface area contributed by atoms with Gasteiger partial charge in [-0.15, -0.1) is 12.4 Å². The Kier molecular flexibility index (Phi) is 5.22. The van der Waals surface area contributed by atoms with Gasteiger partial charge in [0.15, 0.2) is 0 Å². The number of fused-ring (bicyclic) bond motifs is 1. The van der Waals surface area contributed by atoms with Gasteiger partial charge in [0.1, 0.15) is 0 Å². The van der Waals surface area contributed by atoms with E-state index in [0.717, 1.165) is 25.7 Å². The number of aryl methyl sites for hydroxylation is 2. The first kappa shape index (κ1) is 15.1. The summed E-state index contributed by atoms with van der Waals surface area (Å²) in [5, 5.41) is 0. The van der Waals surface area contributed by atoms with Crippen LogP contribution in [-0.4, -0.2) is 6.04 Å². The largest absolute Gasteiger partial charge is 0.327 e. The minimum atomic E-state index is 0. The summed E-state index contributed by atoms with van der Waals surface area (Å²) in [6, 6.07) is 19.9. The molecule has 1 nitrogen and oxygen atoms in total. The van der Waals surface area contributed by atoms with Crippen molar-refractivity contribution in [3.8, 4) is 0 Å². The fourth-order valence-electron chi connectivity index (χ4n) is 3.21. The summed E-state index contributed by atoms with van der Waals surface area (Å²) < 4.78 is 0. The first-order valence-corrected chi connectivity index (χ1v) is 7.22. The molecule has 1 aliphatic rings.